The van der Waals surface area contributed by atoms with Crippen LogP contribution in [0.4, 0.5) is 11.6 Å². The lowest BCUT2D eigenvalue weighted by molar-refractivity contribution is -0.131. The van der Waals surface area contributed by atoms with E-state index in [9.17, 15) is 13.2 Å². The van der Waals surface area contributed by atoms with Gasteiger partial charge in [0.15, 0.2) is 0 Å². The van der Waals surface area contributed by atoms with Gasteiger partial charge in [-0.15, -0.1) is 0 Å². The second kappa shape index (κ2) is 8.06. The summed E-state index contributed by atoms with van der Waals surface area (Å²) in [7, 11) is -3.69. The van der Waals surface area contributed by atoms with Crippen molar-refractivity contribution in [3.63, 3.8) is 0 Å². The van der Waals surface area contributed by atoms with Crippen LogP contribution in [-0.4, -0.2) is 29.5 Å². The zero-order chi connectivity index (χ0) is 18.3. The molecule has 0 atom stereocenters. The van der Waals surface area contributed by atoms with Gasteiger partial charge in [0.2, 0.25) is 5.95 Å². The number of carboxylic acids is 1. The molecule has 0 aliphatic rings. The van der Waals surface area contributed by atoms with Gasteiger partial charge in [0.05, 0.1) is 4.90 Å². The molecule has 8 nitrogen and oxygen atoms in total. The normalized spacial score (nSPS) is 10.2. The number of carbonyl (C=O) groups is 1. The Morgan fingerprint density at radius 1 is 1.21 bits per heavy atom. The number of benzene rings is 1. The molecule has 0 saturated carbocycles. The number of aromatic nitrogens is 2. The quantitative estimate of drug-likeness (QED) is 0.564. The van der Waals surface area contributed by atoms with Crippen molar-refractivity contribution < 1.29 is 18.3 Å². The van der Waals surface area contributed by atoms with Crippen molar-refractivity contribution in [3.05, 3.63) is 54.4 Å². The number of hydrogen-bond acceptors (Lipinski definition) is 6. The first kappa shape index (κ1) is 19.1. The lowest BCUT2D eigenvalue weighted by Crippen LogP contribution is -2.15. The van der Waals surface area contributed by atoms with Crippen LogP contribution in [0.3, 0.4) is 0 Å². The number of nitrogens with zero attached hydrogens (tertiary/aromatic N) is 2. The van der Waals surface area contributed by atoms with E-state index in [1.807, 2.05) is 0 Å². The molecule has 0 radical (unpaired) electrons. The summed E-state index contributed by atoms with van der Waals surface area (Å²) < 4.78 is 26.6. The molecule has 1 aromatic carbocycles. The summed E-state index contributed by atoms with van der Waals surface area (Å²) in [4.78, 5) is 17.4. The minimum absolute atomic E-state index is 0.0642. The van der Waals surface area contributed by atoms with E-state index in [0.29, 0.717) is 17.1 Å². The standard InChI is InChI=1S/C12H14N4O2S.C3H4O2/c1-8-7-9(2)15-12(14-8)16-19(17,18)11-5-3-10(13)4-6-11;1-2-3(4)5/h3-7H,13H2,1-2H3,(H,14,15,16);2H,1H2,(H,4,5). The van der Waals surface area contributed by atoms with E-state index in [1.54, 1.807) is 19.9 Å². The van der Waals surface area contributed by atoms with E-state index in [1.165, 1.54) is 24.3 Å². The average molecular weight is 350 g/mol. The molecule has 0 aliphatic carbocycles. The van der Waals surface area contributed by atoms with Crippen LogP contribution < -0.4 is 10.5 Å². The number of rotatable bonds is 4. The molecule has 2 aromatic rings. The van der Waals surface area contributed by atoms with Crippen LogP contribution in [0.2, 0.25) is 0 Å². The fourth-order valence-corrected chi connectivity index (χ4v) is 2.54. The smallest absolute Gasteiger partial charge is 0.327 e. The van der Waals surface area contributed by atoms with Crippen molar-refractivity contribution in [2.24, 2.45) is 0 Å². The first-order valence-corrected chi connectivity index (χ1v) is 8.18. The number of anilines is 2. The maximum absolute atomic E-state index is 12.1. The lowest BCUT2D eigenvalue weighted by Gasteiger charge is -2.08. The molecule has 24 heavy (non-hydrogen) atoms. The lowest BCUT2D eigenvalue weighted by atomic mass is 10.3. The molecule has 0 fully saturated rings. The first-order chi connectivity index (χ1) is 11.1. The Hall–Kier alpha value is -2.94. The molecule has 1 heterocycles. The van der Waals surface area contributed by atoms with Crippen LogP contribution in [0.1, 0.15) is 11.4 Å². The van der Waals surface area contributed by atoms with Crippen molar-refractivity contribution in [1.29, 1.82) is 0 Å². The number of aryl methyl sites for hydroxylation is 2. The topological polar surface area (TPSA) is 135 Å². The molecule has 9 heteroatoms. The SMILES string of the molecule is C=CC(=O)O.Cc1cc(C)nc(NS(=O)(=O)c2ccc(N)cc2)n1. The van der Waals surface area contributed by atoms with Crippen molar-refractivity contribution in [1.82, 2.24) is 9.97 Å². The highest BCUT2D eigenvalue weighted by Crippen LogP contribution is 2.15. The van der Waals surface area contributed by atoms with Crippen LogP contribution >= 0.6 is 0 Å². The molecule has 0 bridgehead atoms. The van der Waals surface area contributed by atoms with Gasteiger partial charge in [-0.05, 0) is 44.2 Å². The molecule has 1 aromatic heterocycles. The molecule has 2 rings (SSSR count). The van der Waals surface area contributed by atoms with Crippen LogP contribution in [0.5, 0.6) is 0 Å². The van der Waals surface area contributed by atoms with Crippen molar-refractivity contribution in [2.45, 2.75) is 18.7 Å². The Balaban J connectivity index is 0.000000505. The highest BCUT2D eigenvalue weighted by molar-refractivity contribution is 7.92. The van der Waals surface area contributed by atoms with Gasteiger partial charge < -0.3 is 10.8 Å². The van der Waals surface area contributed by atoms with E-state index < -0.39 is 16.0 Å². The van der Waals surface area contributed by atoms with E-state index in [0.717, 1.165) is 6.08 Å². The maximum atomic E-state index is 12.1. The third-order valence-corrected chi connectivity index (χ3v) is 3.92. The monoisotopic (exact) mass is 350 g/mol. The molecular formula is C15H18N4O4S. The number of nitrogen functional groups attached to an aromatic ring is 1. The van der Waals surface area contributed by atoms with Gasteiger partial charge in [-0.2, -0.15) is 0 Å². The molecule has 0 saturated heterocycles. The van der Waals surface area contributed by atoms with Gasteiger partial charge in [-0.3, -0.25) is 0 Å². The second-order valence-corrected chi connectivity index (χ2v) is 6.37. The molecular weight excluding hydrogens is 332 g/mol. The van der Waals surface area contributed by atoms with Crippen molar-refractivity contribution >= 4 is 27.6 Å². The van der Waals surface area contributed by atoms with E-state index in [-0.39, 0.29) is 10.8 Å². The molecule has 128 valence electrons. The van der Waals surface area contributed by atoms with Gasteiger partial charge in [0.25, 0.3) is 10.0 Å². The Morgan fingerprint density at radius 2 is 1.67 bits per heavy atom. The fourth-order valence-electron chi connectivity index (χ4n) is 1.60. The summed E-state index contributed by atoms with van der Waals surface area (Å²) in [6.45, 7) is 6.51. The summed E-state index contributed by atoms with van der Waals surface area (Å²) in [6, 6.07) is 7.68. The number of aliphatic carboxylic acids is 1. The zero-order valence-electron chi connectivity index (χ0n) is 13.2. The van der Waals surface area contributed by atoms with Gasteiger partial charge in [0.1, 0.15) is 0 Å². The molecule has 0 amide bonds. The molecule has 0 spiro atoms. The van der Waals surface area contributed by atoms with Gasteiger partial charge in [-0.25, -0.2) is 27.9 Å². The summed E-state index contributed by atoms with van der Waals surface area (Å²) >= 11 is 0. The fraction of sp³-hybridized carbons (Fsp3) is 0.133. The van der Waals surface area contributed by atoms with Crippen molar-refractivity contribution in [3.8, 4) is 0 Å². The van der Waals surface area contributed by atoms with Crippen LogP contribution in [0, 0.1) is 13.8 Å². The average Bonchev–Trinajstić information content (AvgIpc) is 2.46. The number of carboxylic acid groups (broad SMARTS) is 1. The van der Waals surface area contributed by atoms with Crippen LogP contribution in [0.25, 0.3) is 0 Å². The molecule has 4 N–H and O–H groups in total. The van der Waals surface area contributed by atoms with Gasteiger partial charge in [0, 0.05) is 23.2 Å². The van der Waals surface area contributed by atoms with E-state index in [2.05, 4.69) is 21.3 Å². The number of nitrogens with one attached hydrogen (secondary N) is 1. The first-order valence-electron chi connectivity index (χ1n) is 6.70. The van der Waals surface area contributed by atoms with Crippen LogP contribution in [-0.2, 0) is 14.8 Å². The Morgan fingerprint density at radius 3 is 2.08 bits per heavy atom. The van der Waals surface area contributed by atoms with Gasteiger partial charge in [-0.1, -0.05) is 6.58 Å². The highest BCUT2D eigenvalue weighted by atomic mass is 32.2. The van der Waals surface area contributed by atoms with Crippen molar-refractivity contribution in [2.75, 3.05) is 10.5 Å². The molecule has 0 unspecified atom stereocenters. The predicted molar refractivity (Wildman–Crippen MR) is 91.0 cm³/mol. The zero-order valence-corrected chi connectivity index (χ0v) is 14.0. The Labute approximate surface area is 140 Å². The minimum atomic E-state index is -3.69. The summed E-state index contributed by atoms with van der Waals surface area (Å²) in [5.41, 5.74) is 7.42. The highest BCUT2D eigenvalue weighted by Gasteiger charge is 2.15. The largest absolute Gasteiger partial charge is 0.478 e. The summed E-state index contributed by atoms with van der Waals surface area (Å²) in [5, 5.41) is 7.60. The van der Waals surface area contributed by atoms with Gasteiger partial charge >= 0.3 is 5.97 Å². The summed E-state index contributed by atoms with van der Waals surface area (Å²) in [6.07, 6.45) is 0.833. The second-order valence-electron chi connectivity index (χ2n) is 4.69. The Kier molecular flexibility index (Phi) is 6.42. The minimum Gasteiger partial charge on any atom is -0.478 e. The number of sulfonamides is 1. The van der Waals surface area contributed by atoms with Crippen LogP contribution in [0.15, 0.2) is 47.9 Å². The van der Waals surface area contributed by atoms with E-state index in [4.69, 9.17) is 10.8 Å². The number of hydrogen-bond donors (Lipinski definition) is 3. The van der Waals surface area contributed by atoms with E-state index >= 15 is 0 Å². The Bertz CT molecular complexity index is 813. The summed E-state index contributed by atoms with van der Waals surface area (Å²) in [5.74, 6) is -0.917. The third-order valence-electron chi connectivity index (χ3n) is 2.57. The predicted octanol–water partition coefficient (Wildman–Crippen LogP) is 1.73. The molecule has 0 aliphatic heterocycles. The maximum Gasteiger partial charge on any atom is 0.327 e. The third kappa shape index (κ3) is 6.05. The number of nitrogens with two attached hydrogens (primary N) is 1.